The third kappa shape index (κ3) is 3.09. The van der Waals surface area contributed by atoms with Crippen molar-refractivity contribution < 1.29 is 35.0 Å². The first-order valence-electron chi connectivity index (χ1n) is 6.23. The maximum Gasteiger partial charge on any atom is 0.229 e. The summed E-state index contributed by atoms with van der Waals surface area (Å²) >= 11 is 0. The van der Waals surface area contributed by atoms with Crippen LogP contribution >= 0.6 is 0 Å². The monoisotopic (exact) mass is 286 g/mol. The van der Waals surface area contributed by atoms with Gasteiger partial charge in [0.25, 0.3) is 0 Å². The Labute approximate surface area is 115 Å². The van der Waals surface area contributed by atoms with Gasteiger partial charge in [0.05, 0.1) is 13.2 Å². The van der Waals surface area contributed by atoms with Crippen molar-refractivity contribution in [3.05, 3.63) is 29.8 Å². The average Bonchev–Trinajstić information content (AvgIpc) is 2.48. The Balaban J connectivity index is 2.06. The Hall–Kier alpha value is -1.22. The van der Waals surface area contributed by atoms with Gasteiger partial charge in [0.1, 0.15) is 30.2 Å². The van der Waals surface area contributed by atoms with Crippen LogP contribution in [0.5, 0.6) is 5.75 Å². The predicted molar refractivity (Wildman–Crippen MR) is 66.8 cm³/mol. The molecule has 0 bridgehead atoms. The van der Waals surface area contributed by atoms with Crippen LogP contribution in [-0.2, 0) is 11.3 Å². The summed E-state index contributed by atoms with van der Waals surface area (Å²) < 4.78 is 10.6. The zero-order chi connectivity index (χ0) is 14.7. The summed E-state index contributed by atoms with van der Waals surface area (Å²) in [5, 5.41) is 47.0. The summed E-state index contributed by atoms with van der Waals surface area (Å²) in [5.74, 6) is 0.367. The molecule has 112 valence electrons. The van der Waals surface area contributed by atoms with E-state index in [4.69, 9.17) is 19.7 Å². The third-order valence-corrected chi connectivity index (χ3v) is 3.21. The van der Waals surface area contributed by atoms with Crippen molar-refractivity contribution >= 4 is 0 Å². The van der Waals surface area contributed by atoms with E-state index in [1.165, 1.54) is 0 Å². The van der Waals surface area contributed by atoms with E-state index < -0.39 is 37.3 Å². The third-order valence-electron chi connectivity index (χ3n) is 3.21. The predicted octanol–water partition coefficient (Wildman–Crippen LogP) is -1.64. The lowest BCUT2D eigenvalue weighted by molar-refractivity contribution is -0.277. The Morgan fingerprint density at radius 1 is 0.950 bits per heavy atom. The molecule has 0 aliphatic carbocycles. The minimum atomic E-state index is -1.47. The van der Waals surface area contributed by atoms with Crippen molar-refractivity contribution in [3.8, 4) is 5.75 Å². The molecule has 1 heterocycles. The molecule has 1 saturated heterocycles. The number of ether oxygens (including phenoxy) is 2. The van der Waals surface area contributed by atoms with Crippen LogP contribution in [0.1, 0.15) is 5.56 Å². The van der Waals surface area contributed by atoms with Gasteiger partial charge in [-0.05, 0) is 17.7 Å². The first-order chi connectivity index (χ1) is 9.56. The summed E-state index contributed by atoms with van der Waals surface area (Å²) in [6.07, 6.45) is -6.53. The maximum atomic E-state index is 9.80. The van der Waals surface area contributed by atoms with Gasteiger partial charge in [-0.1, -0.05) is 12.1 Å². The van der Waals surface area contributed by atoms with Gasteiger partial charge in [0.2, 0.25) is 6.29 Å². The quantitative estimate of drug-likeness (QED) is 0.450. The Bertz CT molecular complexity index is 419. The molecule has 20 heavy (non-hydrogen) atoms. The highest BCUT2D eigenvalue weighted by molar-refractivity contribution is 5.27. The number of rotatable bonds is 4. The zero-order valence-electron chi connectivity index (χ0n) is 10.7. The molecule has 0 aromatic heterocycles. The molecule has 7 nitrogen and oxygen atoms in total. The SMILES string of the molecule is OCc1ccc(O[C@H]2O[C@@H](CO)[C@H](O)[C@@H](O)[C@@H]2O)cc1. The summed E-state index contributed by atoms with van der Waals surface area (Å²) in [4.78, 5) is 0. The highest BCUT2D eigenvalue weighted by atomic mass is 16.7. The van der Waals surface area contributed by atoms with Crippen molar-refractivity contribution in [1.82, 2.24) is 0 Å². The number of hydrogen-bond acceptors (Lipinski definition) is 7. The minimum absolute atomic E-state index is 0.0969. The van der Waals surface area contributed by atoms with Gasteiger partial charge < -0.3 is 35.0 Å². The fourth-order valence-electron chi connectivity index (χ4n) is 1.97. The maximum absolute atomic E-state index is 9.80. The Morgan fingerprint density at radius 3 is 2.15 bits per heavy atom. The van der Waals surface area contributed by atoms with E-state index in [1.54, 1.807) is 24.3 Å². The van der Waals surface area contributed by atoms with E-state index in [-0.39, 0.29) is 6.61 Å². The van der Waals surface area contributed by atoms with Crippen LogP contribution in [0.25, 0.3) is 0 Å². The second-order valence-corrected chi connectivity index (χ2v) is 4.62. The largest absolute Gasteiger partial charge is 0.462 e. The Morgan fingerprint density at radius 2 is 1.60 bits per heavy atom. The van der Waals surface area contributed by atoms with Gasteiger partial charge in [0.15, 0.2) is 0 Å². The van der Waals surface area contributed by atoms with Crippen LogP contribution in [0.15, 0.2) is 24.3 Å². The topological polar surface area (TPSA) is 120 Å². The van der Waals surface area contributed by atoms with Crippen LogP contribution < -0.4 is 4.74 Å². The van der Waals surface area contributed by atoms with Crippen molar-refractivity contribution in [1.29, 1.82) is 0 Å². The first-order valence-corrected chi connectivity index (χ1v) is 6.23. The number of benzene rings is 1. The molecule has 0 radical (unpaired) electrons. The number of hydrogen-bond donors (Lipinski definition) is 5. The van der Waals surface area contributed by atoms with E-state index in [0.29, 0.717) is 11.3 Å². The van der Waals surface area contributed by atoms with E-state index >= 15 is 0 Å². The van der Waals surface area contributed by atoms with Gasteiger partial charge >= 0.3 is 0 Å². The molecule has 1 aliphatic heterocycles. The second kappa shape index (κ2) is 6.49. The molecule has 1 aromatic carbocycles. The van der Waals surface area contributed by atoms with E-state index in [0.717, 1.165) is 0 Å². The molecule has 5 atom stereocenters. The standard InChI is InChI=1S/C13H18O7/c14-5-7-1-3-8(4-2-7)19-13-12(18)11(17)10(16)9(6-15)20-13/h1-4,9-18H,5-6H2/t9-,10-,11+,12-,13-/m0/s1. The second-order valence-electron chi connectivity index (χ2n) is 4.62. The Kier molecular flexibility index (Phi) is 4.92. The zero-order valence-corrected chi connectivity index (χ0v) is 10.7. The molecule has 1 fully saturated rings. The molecule has 0 saturated carbocycles. The first kappa shape index (κ1) is 15.2. The fourth-order valence-corrected chi connectivity index (χ4v) is 1.97. The molecular formula is C13H18O7. The molecular weight excluding hydrogens is 268 g/mol. The van der Waals surface area contributed by atoms with Gasteiger partial charge in [0, 0.05) is 0 Å². The summed E-state index contributed by atoms with van der Waals surface area (Å²) in [5.41, 5.74) is 0.700. The number of aliphatic hydroxyl groups is 5. The smallest absolute Gasteiger partial charge is 0.229 e. The van der Waals surface area contributed by atoms with Crippen molar-refractivity contribution in [2.24, 2.45) is 0 Å². The van der Waals surface area contributed by atoms with Crippen molar-refractivity contribution in [2.45, 2.75) is 37.3 Å². The minimum Gasteiger partial charge on any atom is -0.462 e. The van der Waals surface area contributed by atoms with Crippen LogP contribution in [0.4, 0.5) is 0 Å². The van der Waals surface area contributed by atoms with Crippen LogP contribution in [-0.4, -0.2) is 62.8 Å². The fraction of sp³-hybridized carbons (Fsp3) is 0.538. The van der Waals surface area contributed by atoms with E-state index in [1.807, 2.05) is 0 Å². The van der Waals surface area contributed by atoms with Gasteiger partial charge in [-0.15, -0.1) is 0 Å². The van der Waals surface area contributed by atoms with Crippen molar-refractivity contribution in [2.75, 3.05) is 6.61 Å². The van der Waals surface area contributed by atoms with Crippen LogP contribution in [0, 0.1) is 0 Å². The molecule has 1 aliphatic rings. The number of aliphatic hydroxyl groups excluding tert-OH is 5. The molecule has 2 rings (SSSR count). The highest BCUT2D eigenvalue weighted by Gasteiger charge is 2.44. The lowest BCUT2D eigenvalue weighted by atomic mass is 9.99. The summed E-state index contributed by atoms with van der Waals surface area (Å²) in [7, 11) is 0. The normalized spacial score (nSPS) is 34.0. The summed E-state index contributed by atoms with van der Waals surface area (Å²) in [6, 6.07) is 6.43. The highest BCUT2D eigenvalue weighted by Crippen LogP contribution is 2.24. The molecule has 5 N–H and O–H groups in total. The van der Waals surface area contributed by atoms with Gasteiger partial charge in [-0.25, -0.2) is 0 Å². The lowest BCUT2D eigenvalue weighted by Crippen LogP contribution is -2.60. The molecule has 0 amide bonds. The molecule has 1 aromatic rings. The summed E-state index contributed by atoms with van der Waals surface area (Å²) in [6.45, 7) is -0.603. The van der Waals surface area contributed by atoms with Gasteiger partial charge in [-0.3, -0.25) is 0 Å². The van der Waals surface area contributed by atoms with E-state index in [2.05, 4.69) is 0 Å². The van der Waals surface area contributed by atoms with E-state index in [9.17, 15) is 15.3 Å². The van der Waals surface area contributed by atoms with Crippen LogP contribution in [0.3, 0.4) is 0 Å². The van der Waals surface area contributed by atoms with Crippen LogP contribution in [0.2, 0.25) is 0 Å². The van der Waals surface area contributed by atoms with Crippen molar-refractivity contribution in [3.63, 3.8) is 0 Å². The average molecular weight is 286 g/mol. The van der Waals surface area contributed by atoms with Gasteiger partial charge in [-0.2, -0.15) is 0 Å². The molecule has 0 spiro atoms. The molecule has 7 heteroatoms. The lowest BCUT2D eigenvalue weighted by Gasteiger charge is -2.39. The molecule has 0 unspecified atom stereocenters.